The number of hydrogen-bond acceptors (Lipinski definition) is 3. The maximum atomic E-state index is 12.2. The number of carbonyl (C=O) groups excluding carboxylic acids is 1. The first-order valence-corrected chi connectivity index (χ1v) is 8.88. The van der Waals surface area contributed by atoms with Crippen molar-refractivity contribution in [1.29, 1.82) is 0 Å². The summed E-state index contributed by atoms with van der Waals surface area (Å²) in [5.74, 6) is 0. The number of hydrogen-bond donors (Lipinski definition) is 0. The highest BCUT2D eigenvalue weighted by Crippen LogP contribution is 2.23. The molecule has 1 saturated heterocycles. The molecule has 2 rings (SSSR count). The van der Waals surface area contributed by atoms with E-state index < -0.39 is 5.60 Å². The van der Waals surface area contributed by atoms with E-state index in [1.807, 2.05) is 27.8 Å². The molecule has 0 unspecified atom stereocenters. The average molecular weight is 383 g/mol. The van der Waals surface area contributed by atoms with Crippen molar-refractivity contribution < 1.29 is 9.53 Å². The molecule has 1 aliphatic rings. The highest BCUT2D eigenvalue weighted by Gasteiger charge is 2.31. The highest BCUT2D eigenvalue weighted by molar-refractivity contribution is 9.10. The van der Waals surface area contributed by atoms with Gasteiger partial charge in [0.25, 0.3) is 0 Å². The molecule has 1 amide bonds. The molecule has 1 heterocycles. The number of halogens is 1. The Labute approximate surface area is 147 Å². The van der Waals surface area contributed by atoms with Crippen LogP contribution >= 0.6 is 15.9 Å². The fourth-order valence-electron chi connectivity index (χ4n) is 2.78. The van der Waals surface area contributed by atoms with Crippen LogP contribution in [0.2, 0.25) is 0 Å². The molecule has 4 nitrogen and oxygen atoms in total. The number of likely N-dealkylation sites (N-methyl/N-ethyl adjacent to an activating group) is 1. The van der Waals surface area contributed by atoms with Gasteiger partial charge >= 0.3 is 6.09 Å². The molecule has 128 valence electrons. The van der Waals surface area contributed by atoms with Gasteiger partial charge in [0.15, 0.2) is 0 Å². The van der Waals surface area contributed by atoms with Gasteiger partial charge in [-0.3, -0.25) is 4.90 Å². The summed E-state index contributed by atoms with van der Waals surface area (Å²) in [5, 5.41) is 0. The molecule has 1 aromatic carbocycles. The second-order valence-electron chi connectivity index (χ2n) is 7.36. The number of nitrogens with zero attached hydrogens (tertiary/aromatic N) is 2. The van der Waals surface area contributed by atoms with E-state index in [0.29, 0.717) is 0 Å². The molecule has 0 radical (unpaired) electrons. The largest absolute Gasteiger partial charge is 0.444 e. The van der Waals surface area contributed by atoms with Gasteiger partial charge < -0.3 is 9.64 Å². The summed E-state index contributed by atoms with van der Waals surface area (Å²) in [6.45, 7) is 10.6. The maximum absolute atomic E-state index is 12.2. The van der Waals surface area contributed by atoms with Crippen molar-refractivity contribution in [2.75, 3.05) is 20.1 Å². The van der Waals surface area contributed by atoms with Crippen molar-refractivity contribution >= 4 is 22.0 Å². The lowest BCUT2D eigenvalue weighted by molar-refractivity contribution is 0.0228. The van der Waals surface area contributed by atoms with Gasteiger partial charge in [0.2, 0.25) is 0 Å². The zero-order valence-electron chi connectivity index (χ0n) is 14.7. The van der Waals surface area contributed by atoms with Gasteiger partial charge in [-0.05, 0) is 51.3 Å². The average Bonchev–Trinajstić information content (AvgIpc) is 2.87. The maximum Gasteiger partial charge on any atom is 0.410 e. The number of amides is 1. The molecule has 1 aromatic rings. The first-order valence-electron chi connectivity index (χ1n) is 8.09. The van der Waals surface area contributed by atoms with Crippen molar-refractivity contribution in [2.45, 2.75) is 52.3 Å². The molecule has 0 N–H and O–H groups in total. The highest BCUT2D eigenvalue weighted by atomic mass is 79.9. The molecule has 23 heavy (non-hydrogen) atoms. The molecule has 0 saturated carbocycles. The topological polar surface area (TPSA) is 32.8 Å². The van der Waals surface area contributed by atoms with E-state index in [1.54, 1.807) is 4.90 Å². The zero-order chi connectivity index (χ0) is 17.2. The van der Waals surface area contributed by atoms with E-state index in [9.17, 15) is 4.79 Å². The van der Waals surface area contributed by atoms with Crippen LogP contribution in [0, 0.1) is 6.92 Å². The third-order valence-electron chi connectivity index (χ3n) is 4.08. The summed E-state index contributed by atoms with van der Waals surface area (Å²) in [6.07, 6.45) is 0.750. The number of likely N-dealkylation sites (tertiary alicyclic amines) is 1. The van der Waals surface area contributed by atoms with Crippen LogP contribution in [0.3, 0.4) is 0 Å². The summed E-state index contributed by atoms with van der Waals surface area (Å²) in [4.78, 5) is 16.3. The number of carbonyl (C=O) groups is 1. The number of rotatable bonds is 3. The van der Waals surface area contributed by atoms with Crippen LogP contribution in [0.25, 0.3) is 0 Å². The van der Waals surface area contributed by atoms with Gasteiger partial charge in [-0.2, -0.15) is 0 Å². The summed E-state index contributed by atoms with van der Waals surface area (Å²) in [6, 6.07) is 6.68. The minimum Gasteiger partial charge on any atom is -0.444 e. The molecule has 1 aliphatic heterocycles. The predicted octanol–water partition coefficient (Wildman–Crippen LogP) is 4.20. The Kier molecular flexibility index (Phi) is 5.74. The van der Waals surface area contributed by atoms with E-state index in [-0.39, 0.29) is 12.1 Å². The van der Waals surface area contributed by atoms with E-state index >= 15 is 0 Å². The van der Waals surface area contributed by atoms with Gasteiger partial charge in [-0.25, -0.2) is 4.79 Å². The third kappa shape index (κ3) is 5.21. The van der Waals surface area contributed by atoms with Crippen LogP contribution in [0.4, 0.5) is 4.79 Å². The third-order valence-corrected chi connectivity index (χ3v) is 4.82. The minimum atomic E-state index is -0.448. The Morgan fingerprint density at radius 3 is 2.74 bits per heavy atom. The lowest BCUT2D eigenvalue weighted by Crippen LogP contribution is -2.42. The van der Waals surface area contributed by atoms with Crippen molar-refractivity contribution in [3.63, 3.8) is 0 Å². The monoisotopic (exact) mass is 382 g/mol. The predicted molar refractivity (Wildman–Crippen MR) is 96.6 cm³/mol. The molecular formula is C18H27BrN2O2. The molecule has 5 heteroatoms. The lowest BCUT2D eigenvalue weighted by atomic mass is 10.1. The van der Waals surface area contributed by atoms with Gasteiger partial charge in [0, 0.05) is 37.2 Å². The molecular weight excluding hydrogens is 356 g/mol. The van der Waals surface area contributed by atoms with Crippen molar-refractivity contribution in [1.82, 2.24) is 9.80 Å². The summed E-state index contributed by atoms with van der Waals surface area (Å²) in [7, 11) is 1.84. The standard InChI is InChI=1S/C18H27BrN2O2/c1-13-6-7-14(16(19)10-13)11-21-9-8-15(12-21)20(5)17(22)23-18(2,3)4/h6-7,10,15H,8-9,11-12H2,1-5H3/t15-/m0/s1. The second-order valence-corrected chi connectivity index (χ2v) is 8.22. The molecule has 0 aromatic heterocycles. The van der Waals surface area contributed by atoms with E-state index in [1.165, 1.54) is 11.1 Å². The number of benzene rings is 1. The molecule has 0 spiro atoms. The fourth-order valence-corrected chi connectivity index (χ4v) is 3.40. The molecule has 0 bridgehead atoms. The SMILES string of the molecule is Cc1ccc(CN2CC[C@H](N(C)C(=O)OC(C)(C)C)C2)c(Br)c1. The Balaban J connectivity index is 1.91. The number of aryl methyl sites for hydroxylation is 1. The van der Waals surface area contributed by atoms with Gasteiger partial charge in [0.05, 0.1) is 0 Å². The molecule has 1 atom stereocenters. The Morgan fingerprint density at radius 2 is 2.13 bits per heavy atom. The Morgan fingerprint density at radius 1 is 1.43 bits per heavy atom. The van der Waals surface area contributed by atoms with Crippen molar-refractivity contribution in [3.8, 4) is 0 Å². The van der Waals surface area contributed by atoms with Gasteiger partial charge in [-0.15, -0.1) is 0 Å². The number of ether oxygens (including phenoxy) is 1. The van der Waals surface area contributed by atoms with Crippen LogP contribution in [-0.2, 0) is 11.3 Å². The van der Waals surface area contributed by atoms with Crippen LogP contribution in [0.5, 0.6) is 0 Å². The fraction of sp³-hybridized carbons (Fsp3) is 0.611. The lowest BCUT2D eigenvalue weighted by Gasteiger charge is -2.28. The molecule has 1 fully saturated rings. The van der Waals surface area contributed by atoms with Gasteiger partial charge in [0.1, 0.15) is 5.60 Å². The summed E-state index contributed by atoms with van der Waals surface area (Å²) < 4.78 is 6.61. The van der Waals surface area contributed by atoms with E-state index in [2.05, 4.69) is 46.0 Å². The van der Waals surface area contributed by atoms with Gasteiger partial charge in [-0.1, -0.05) is 28.1 Å². The van der Waals surface area contributed by atoms with Crippen LogP contribution in [0.1, 0.15) is 38.3 Å². The first-order chi connectivity index (χ1) is 10.7. The smallest absolute Gasteiger partial charge is 0.410 e. The normalized spacial score (nSPS) is 19.0. The first kappa shape index (κ1) is 18.3. The Hall–Kier alpha value is -1.07. The van der Waals surface area contributed by atoms with Crippen molar-refractivity contribution in [2.24, 2.45) is 0 Å². The summed E-state index contributed by atoms with van der Waals surface area (Å²) in [5.41, 5.74) is 2.09. The zero-order valence-corrected chi connectivity index (χ0v) is 16.3. The quantitative estimate of drug-likeness (QED) is 0.784. The summed E-state index contributed by atoms with van der Waals surface area (Å²) >= 11 is 3.64. The van der Waals surface area contributed by atoms with E-state index in [0.717, 1.165) is 30.5 Å². The van der Waals surface area contributed by atoms with Crippen molar-refractivity contribution in [3.05, 3.63) is 33.8 Å². The molecule has 0 aliphatic carbocycles. The van der Waals surface area contributed by atoms with E-state index in [4.69, 9.17) is 4.74 Å². The van der Waals surface area contributed by atoms with Crippen LogP contribution in [-0.4, -0.2) is 47.7 Å². The van der Waals surface area contributed by atoms with Crippen LogP contribution < -0.4 is 0 Å². The Bertz CT molecular complexity index is 569. The second kappa shape index (κ2) is 7.22. The van der Waals surface area contributed by atoms with Crippen LogP contribution in [0.15, 0.2) is 22.7 Å². The minimum absolute atomic E-state index is 0.217.